The number of hydrogen-bond donors (Lipinski definition) is 1. The number of thiophene rings is 1. The average Bonchev–Trinajstić information content (AvgIpc) is 3.43. The number of carbonyl (C=O) groups is 1. The summed E-state index contributed by atoms with van der Waals surface area (Å²) in [7, 11) is 1.55. The van der Waals surface area contributed by atoms with E-state index in [1.54, 1.807) is 36.6 Å². The van der Waals surface area contributed by atoms with E-state index >= 15 is 0 Å². The minimum absolute atomic E-state index is 0.174. The van der Waals surface area contributed by atoms with E-state index in [1.165, 1.54) is 11.8 Å². The molecule has 4 aromatic rings. The summed E-state index contributed by atoms with van der Waals surface area (Å²) in [6.45, 7) is 0.618. The maximum Gasteiger partial charge on any atom is 0.234 e. The number of benzene rings is 2. The molecule has 2 aromatic heterocycles. The Labute approximate surface area is 193 Å². The number of nitrogens with zero attached hydrogens (tertiary/aromatic N) is 3. The third kappa shape index (κ3) is 5.28. The van der Waals surface area contributed by atoms with Crippen molar-refractivity contribution in [1.82, 2.24) is 14.8 Å². The summed E-state index contributed by atoms with van der Waals surface area (Å²) in [5, 5.41) is 14.8. The lowest BCUT2D eigenvalue weighted by atomic mass is 10.2. The van der Waals surface area contributed by atoms with Gasteiger partial charge in [0.2, 0.25) is 5.91 Å². The molecule has 1 N–H and O–H groups in total. The Hall–Kier alpha value is -2.81. The zero-order chi connectivity index (χ0) is 21.6. The highest BCUT2D eigenvalue weighted by Crippen LogP contribution is 2.30. The number of methoxy groups -OCH3 is 1. The first-order valence-electron chi connectivity index (χ1n) is 9.41. The molecule has 0 bridgehead atoms. The lowest BCUT2D eigenvalue weighted by Gasteiger charge is -2.11. The Morgan fingerprint density at radius 3 is 2.74 bits per heavy atom. The second kappa shape index (κ2) is 10.00. The van der Waals surface area contributed by atoms with Crippen molar-refractivity contribution in [3.63, 3.8) is 0 Å². The van der Waals surface area contributed by atoms with E-state index in [1.807, 2.05) is 40.3 Å². The van der Waals surface area contributed by atoms with Gasteiger partial charge >= 0.3 is 0 Å². The van der Waals surface area contributed by atoms with Crippen molar-refractivity contribution in [2.24, 2.45) is 0 Å². The van der Waals surface area contributed by atoms with Crippen LogP contribution in [0.25, 0.3) is 10.7 Å². The molecule has 0 spiro atoms. The Morgan fingerprint density at radius 2 is 2.00 bits per heavy atom. The molecule has 1 amide bonds. The van der Waals surface area contributed by atoms with Crippen LogP contribution in [0.5, 0.6) is 5.75 Å². The predicted molar refractivity (Wildman–Crippen MR) is 126 cm³/mol. The van der Waals surface area contributed by atoms with E-state index in [-0.39, 0.29) is 11.7 Å². The van der Waals surface area contributed by atoms with Crippen LogP contribution in [0.1, 0.15) is 5.56 Å². The van der Waals surface area contributed by atoms with Crippen molar-refractivity contribution >= 4 is 46.3 Å². The molecule has 0 unspecified atom stereocenters. The van der Waals surface area contributed by atoms with Gasteiger partial charge in [-0.2, -0.15) is 0 Å². The standard InChI is InChI=1S/C22H19ClN4O2S2/c1-29-18-10-9-16(23)12-17(18)24-20(28)14-31-22-26-25-21(19-8-5-11-30-19)27(22)13-15-6-3-2-4-7-15/h2-12H,13-14H2,1H3,(H,24,28). The molecule has 0 saturated heterocycles. The number of anilines is 1. The van der Waals surface area contributed by atoms with Gasteiger partial charge in [0.05, 0.1) is 30.0 Å². The highest BCUT2D eigenvalue weighted by molar-refractivity contribution is 7.99. The minimum atomic E-state index is -0.183. The van der Waals surface area contributed by atoms with E-state index in [9.17, 15) is 4.79 Å². The van der Waals surface area contributed by atoms with Crippen LogP contribution < -0.4 is 10.1 Å². The second-order valence-corrected chi connectivity index (χ2v) is 8.86. The van der Waals surface area contributed by atoms with Crippen molar-refractivity contribution in [2.45, 2.75) is 11.7 Å². The first-order valence-corrected chi connectivity index (χ1v) is 11.7. The molecule has 4 rings (SSSR count). The number of aromatic nitrogens is 3. The van der Waals surface area contributed by atoms with Crippen LogP contribution in [-0.2, 0) is 11.3 Å². The molecule has 0 radical (unpaired) electrons. The highest BCUT2D eigenvalue weighted by Gasteiger charge is 2.17. The number of hydrogen-bond acceptors (Lipinski definition) is 6. The number of ether oxygens (including phenoxy) is 1. The van der Waals surface area contributed by atoms with Gasteiger partial charge in [-0.25, -0.2) is 0 Å². The van der Waals surface area contributed by atoms with Crippen molar-refractivity contribution < 1.29 is 9.53 Å². The van der Waals surface area contributed by atoms with E-state index in [0.29, 0.717) is 28.2 Å². The fraction of sp³-hybridized carbons (Fsp3) is 0.136. The fourth-order valence-electron chi connectivity index (χ4n) is 2.99. The van der Waals surface area contributed by atoms with Crippen LogP contribution in [0.2, 0.25) is 5.02 Å². The fourth-order valence-corrected chi connectivity index (χ4v) is 4.61. The number of thioether (sulfide) groups is 1. The van der Waals surface area contributed by atoms with Crippen molar-refractivity contribution in [3.05, 3.63) is 76.6 Å². The van der Waals surface area contributed by atoms with Crippen LogP contribution in [0.15, 0.2) is 71.2 Å². The summed E-state index contributed by atoms with van der Waals surface area (Å²) in [5.74, 6) is 1.33. The summed E-state index contributed by atoms with van der Waals surface area (Å²) < 4.78 is 7.33. The molecule has 2 heterocycles. The summed E-state index contributed by atoms with van der Waals surface area (Å²) in [6.07, 6.45) is 0. The Balaban J connectivity index is 1.52. The molecule has 0 saturated carbocycles. The highest BCUT2D eigenvalue weighted by atomic mass is 35.5. The van der Waals surface area contributed by atoms with Crippen LogP contribution in [0, 0.1) is 0 Å². The number of nitrogens with one attached hydrogen (secondary N) is 1. The lowest BCUT2D eigenvalue weighted by Crippen LogP contribution is -2.15. The van der Waals surface area contributed by atoms with Gasteiger partial charge < -0.3 is 10.1 Å². The predicted octanol–water partition coefficient (Wildman–Crippen LogP) is 5.45. The molecular weight excluding hydrogens is 452 g/mol. The summed E-state index contributed by atoms with van der Waals surface area (Å²) in [5.41, 5.74) is 1.67. The number of amides is 1. The largest absolute Gasteiger partial charge is 0.495 e. The average molecular weight is 471 g/mol. The van der Waals surface area contributed by atoms with Gasteiger partial charge in [-0.1, -0.05) is 59.8 Å². The van der Waals surface area contributed by atoms with Crippen LogP contribution in [0.3, 0.4) is 0 Å². The third-order valence-corrected chi connectivity index (χ3v) is 6.48. The molecule has 0 aliphatic rings. The lowest BCUT2D eigenvalue weighted by molar-refractivity contribution is -0.113. The van der Waals surface area contributed by atoms with E-state index < -0.39 is 0 Å². The molecule has 0 aliphatic carbocycles. The number of carbonyl (C=O) groups excluding carboxylic acids is 1. The molecule has 2 aromatic carbocycles. The second-order valence-electron chi connectivity index (χ2n) is 6.54. The first-order chi connectivity index (χ1) is 15.1. The maximum absolute atomic E-state index is 12.6. The van der Waals surface area contributed by atoms with Gasteiger partial charge in [0.25, 0.3) is 0 Å². The van der Waals surface area contributed by atoms with E-state index in [4.69, 9.17) is 16.3 Å². The Bertz CT molecular complexity index is 1160. The first kappa shape index (κ1) is 21.4. The number of halogens is 1. The monoisotopic (exact) mass is 470 g/mol. The molecule has 6 nitrogen and oxygen atoms in total. The molecule has 158 valence electrons. The van der Waals surface area contributed by atoms with Crippen LogP contribution in [-0.4, -0.2) is 33.5 Å². The quantitative estimate of drug-likeness (QED) is 0.347. The zero-order valence-corrected chi connectivity index (χ0v) is 19.0. The summed E-state index contributed by atoms with van der Waals surface area (Å²) in [6, 6.07) is 19.2. The van der Waals surface area contributed by atoms with Crippen LogP contribution >= 0.6 is 34.7 Å². The van der Waals surface area contributed by atoms with Crippen LogP contribution in [0.4, 0.5) is 5.69 Å². The zero-order valence-electron chi connectivity index (χ0n) is 16.6. The van der Waals surface area contributed by atoms with Crippen molar-refractivity contribution in [3.8, 4) is 16.5 Å². The Morgan fingerprint density at radius 1 is 1.16 bits per heavy atom. The summed E-state index contributed by atoms with van der Waals surface area (Å²) in [4.78, 5) is 13.6. The van der Waals surface area contributed by atoms with Gasteiger partial charge in [-0.3, -0.25) is 9.36 Å². The van der Waals surface area contributed by atoms with Crippen molar-refractivity contribution in [1.29, 1.82) is 0 Å². The SMILES string of the molecule is COc1ccc(Cl)cc1NC(=O)CSc1nnc(-c2cccs2)n1Cc1ccccc1. The normalized spacial score (nSPS) is 10.8. The van der Waals surface area contributed by atoms with E-state index in [0.717, 1.165) is 16.3 Å². The molecule has 0 fully saturated rings. The minimum Gasteiger partial charge on any atom is -0.495 e. The van der Waals surface area contributed by atoms with Gasteiger partial charge in [-0.15, -0.1) is 21.5 Å². The maximum atomic E-state index is 12.6. The molecule has 9 heteroatoms. The van der Waals surface area contributed by atoms with Crippen molar-refractivity contribution in [2.75, 3.05) is 18.2 Å². The number of rotatable bonds is 8. The van der Waals surface area contributed by atoms with Gasteiger partial charge in [0.1, 0.15) is 5.75 Å². The van der Waals surface area contributed by atoms with Gasteiger partial charge in [-0.05, 0) is 35.2 Å². The topological polar surface area (TPSA) is 69.0 Å². The van der Waals surface area contributed by atoms with Gasteiger partial charge in [0.15, 0.2) is 11.0 Å². The molecule has 0 atom stereocenters. The molecule has 31 heavy (non-hydrogen) atoms. The smallest absolute Gasteiger partial charge is 0.234 e. The van der Waals surface area contributed by atoms with E-state index in [2.05, 4.69) is 27.6 Å². The molecule has 0 aliphatic heterocycles. The molecular formula is C22H19ClN4O2S2. The summed E-state index contributed by atoms with van der Waals surface area (Å²) >= 11 is 8.99. The Kier molecular flexibility index (Phi) is 6.91. The van der Waals surface area contributed by atoms with Gasteiger partial charge in [0, 0.05) is 5.02 Å². The third-order valence-electron chi connectivity index (χ3n) is 4.41.